The zero-order chi connectivity index (χ0) is 17.9. The third-order valence-corrected chi connectivity index (χ3v) is 4.12. The molecule has 2 N–H and O–H groups in total. The molecule has 0 amide bonds. The predicted octanol–water partition coefficient (Wildman–Crippen LogP) is 3.91. The molecule has 0 saturated heterocycles. The lowest BCUT2D eigenvalue weighted by atomic mass is 10.1. The number of methoxy groups -OCH3 is 1. The number of benzene rings is 2. The van der Waals surface area contributed by atoms with E-state index in [1.807, 2.05) is 60.7 Å². The average Bonchev–Trinajstić information content (AvgIpc) is 3.33. The molecule has 6 nitrogen and oxygen atoms in total. The average molecular weight is 344 g/mol. The summed E-state index contributed by atoms with van der Waals surface area (Å²) >= 11 is 0. The fourth-order valence-corrected chi connectivity index (χ4v) is 2.81. The molecule has 6 heteroatoms. The maximum Gasteiger partial charge on any atom is 0.356 e. The topological polar surface area (TPSA) is 83.7 Å². The number of nitrogens with zero attached hydrogens (tertiary/aromatic N) is 2. The van der Waals surface area contributed by atoms with Crippen LogP contribution in [0.4, 0.5) is 0 Å². The van der Waals surface area contributed by atoms with E-state index >= 15 is 0 Å². The molecular weight excluding hydrogens is 328 g/mol. The Morgan fingerprint density at radius 1 is 1.08 bits per heavy atom. The van der Waals surface area contributed by atoms with Gasteiger partial charge in [0.25, 0.3) is 0 Å². The van der Waals surface area contributed by atoms with Crippen LogP contribution in [0, 0.1) is 0 Å². The van der Waals surface area contributed by atoms with Crippen molar-refractivity contribution in [3.63, 3.8) is 0 Å². The van der Waals surface area contributed by atoms with Crippen molar-refractivity contribution in [2.24, 2.45) is 0 Å². The van der Waals surface area contributed by atoms with Crippen LogP contribution in [0.15, 0.2) is 54.7 Å². The summed E-state index contributed by atoms with van der Waals surface area (Å²) in [5, 5.41) is 8.44. The van der Waals surface area contributed by atoms with Gasteiger partial charge in [0.2, 0.25) is 0 Å². The van der Waals surface area contributed by atoms with Crippen molar-refractivity contribution >= 4 is 29.0 Å². The van der Waals surface area contributed by atoms with Crippen LogP contribution in [0.2, 0.25) is 0 Å². The van der Waals surface area contributed by atoms with Gasteiger partial charge < -0.3 is 9.72 Å². The highest BCUT2D eigenvalue weighted by Gasteiger charge is 2.12. The van der Waals surface area contributed by atoms with Gasteiger partial charge in [-0.1, -0.05) is 48.5 Å². The quantitative estimate of drug-likeness (QED) is 0.550. The fraction of sp³-hybridized carbons (Fsp3) is 0.0500. The number of esters is 1. The second-order valence-electron chi connectivity index (χ2n) is 5.71. The van der Waals surface area contributed by atoms with Crippen LogP contribution in [0.25, 0.3) is 34.4 Å². The van der Waals surface area contributed by atoms with Crippen LogP contribution in [-0.4, -0.2) is 33.2 Å². The van der Waals surface area contributed by atoms with Crippen molar-refractivity contribution in [2.75, 3.05) is 7.11 Å². The van der Waals surface area contributed by atoms with Crippen LogP contribution in [0.5, 0.6) is 0 Å². The summed E-state index contributed by atoms with van der Waals surface area (Å²) in [7, 11) is 1.34. The van der Waals surface area contributed by atoms with Crippen LogP contribution in [0.3, 0.4) is 0 Å². The Kier molecular flexibility index (Phi) is 4.07. The molecule has 0 unspecified atom stereocenters. The molecule has 0 aliphatic heterocycles. The molecule has 0 fully saturated rings. The summed E-state index contributed by atoms with van der Waals surface area (Å²) in [6.07, 6.45) is 5.42. The van der Waals surface area contributed by atoms with Gasteiger partial charge in [-0.15, -0.1) is 0 Å². The number of hydrogen-bond donors (Lipinski definition) is 2. The first-order valence-corrected chi connectivity index (χ1v) is 8.10. The van der Waals surface area contributed by atoms with E-state index in [1.54, 1.807) is 0 Å². The maximum absolute atomic E-state index is 11.6. The molecule has 2 aromatic carbocycles. The number of rotatable bonds is 4. The number of nitrogens with one attached hydrogen (secondary N) is 2. The highest BCUT2D eigenvalue weighted by Crippen LogP contribution is 2.24. The fourth-order valence-electron chi connectivity index (χ4n) is 2.81. The lowest BCUT2D eigenvalue weighted by molar-refractivity contribution is 0.0595. The number of carbonyl (C=O) groups is 1. The first-order valence-electron chi connectivity index (χ1n) is 8.10. The molecular formula is C20H16N4O2. The Hall–Kier alpha value is -3.67. The summed E-state index contributed by atoms with van der Waals surface area (Å²) in [5.41, 5.74) is 4.03. The maximum atomic E-state index is 11.6. The molecule has 0 aliphatic carbocycles. The van der Waals surface area contributed by atoms with E-state index in [4.69, 9.17) is 4.74 Å². The van der Waals surface area contributed by atoms with Crippen LogP contribution < -0.4 is 0 Å². The number of hydrogen-bond acceptors (Lipinski definition) is 4. The monoisotopic (exact) mass is 344 g/mol. The minimum Gasteiger partial charge on any atom is -0.464 e. The largest absolute Gasteiger partial charge is 0.464 e. The second kappa shape index (κ2) is 6.68. The summed E-state index contributed by atoms with van der Waals surface area (Å²) in [4.78, 5) is 18.9. The molecule has 0 aliphatic rings. The number of aromatic amines is 2. The Balaban J connectivity index is 1.70. The van der Waals surface area contributed by atoms with E-state index in [9.17, 15) is 4.79 Å². The number of fused-ring (bicyclic) bond motifs is 1. The smallest absolute Gasteiger partial charge is 0.356 e. The van der Waals surface area contributed by atoms with Gasteiger partial charge >= 0.3 is 5.97 Å². The van der Waals surface area contributed by atoms with Gasteiger partial charge in [-0.2, -0.15) is 5.10 Å². The van der Waals surface area contributed by atoms with Gasteiger partial charge in [0.15, 0.2) is 0 Å². The number of H-pyrrole nitrogens is 2. The van der Waals surface area contributed by atoms with Crippen molar-refractivity contribution in [1.29, 1.82) is 0 Å². The molecule has 0 atom stereocenters. The molecule has 0 spiro atoms. The molecule has 2 aromatic heterocycles. The number of para-hydroxylation sites is 1. The summed E-state index contributed by atoms with van der Waals surface area (Å²) < 4.78 is 4.72. The molecule has 4 rings (SSSR count). The summed E-state index contributed by atoms with van der Waals surface area (Å²) in [6.45, 7) is 0. The van der Waals surface area contributed by atoms with E-state index < -0.39 is 5.97 Å². The zero-order valence-electron chi connectivity index (χ0n) is 14.1. The molecule has 2 heterocycles. The van der Waals surface area contributed by atoms with Crippen molar-refractivity contribution in [3.05, 3.63) is 71.7 Å². The van der Waals surface area contributed by atoms with E-state index in [0.29, 0.717) is 11.5 Å². The van der Waals surface area contributed by atoms with Crippen molar-refractivity contribution in [1.82, 2.24) is 20.2 Å². The van der Waals surface area contributed by atoms with E-state index in [-0.39, 0.29) is 0 Å². The van der Waals surface area contributed by atoms with Crippen molar-refractivity contribution in [2.45, 2.75) is 0 Å². The lowest BCUT2D eigenvalue weighted by Gasteiger charge is -2.02. The highest BCUT2D eigenvalue weighted by molar-refractivity contribution is 5.91. The molecule has 0 saturated carbocycles. The van der Waals surface area contributed by atoms with E-state index in [1.165, 1.54) is 13.3 Å². The number of ether oxygens (including phenoxy) is 1. The highest BCUT2D eigenvalue weighted by atomic mass is 16.5. The Morgan fingerprint density at radius 3 is 2.77 bits per heavy atom. The summed E-state index contributed by atoms with van der Waals surface area (Å²) in [5.74, 6) is 0.164. The number of aromatic nitrogens is 4. The number of imidazole rings is 1. The first-order chi connectivity index (χ1) is 12.8. The van der Waals surface area contributed by atoms with Crippen LogP contribution in [-0.2, 0) is 4.74 Å². The van der Waals surface area contributed by atoms with Gasteiger partial charge in [0.1, 0.15) is 11.5 Å². The lowest BCUT2D eigenvalue weighted by Crippen LogP contribution is -2.01. The number of carbonyl (C=O) groups excluding carboxylic acids is 1. The molecule has 4 aromatic rings. The molecule has 0 radical (unpaired) electrons. The third-order valence-electron chi connectivity index (χ3n) is 4.12. The molecule has 26 heavy (non-hydrogen) atoms. The normalized spacial score (nSPS) is 11.3. The second-order valence-corrected chi connectivity index (χ2v) is 5.71. The molecule has 0 bridgehead atoms. The minimum atomic E-state index is -0.445. The predicted molar refractivity (Wildman–Crippen MR) is 100 cm³/mol. The summed E-state index contributed by atoms with van der Waals surface area (Å²) in [6, 6.07) is 15.8. The minimum absolute atomic E-state index is 0.319. The molecule has 128 valence electrons. The zero-order valence-corrected chi connectivity index (χ0v) is 14.1. The van der Waals surface area contributed by atoms with E-state index in [2.05, 4.69) is 20.2 Å². The van der Waals surface area contributed by atoms with Crippen LogP contribution >= 0.6 is 0 Å². The standard InChI is InChI=1S/C20H16N4O2/c1-26-20(25)18-12-21-19(22-18)14-7-3-2-6-13(14)10-11-17-15-8-4-5-9-16(15)23-24-17/h2-12H,1H3,(H,21,22)(H,23,24). The van der Waals surface area contributed by atoms with Gasteiger partial charge in [-0.3, -0.25) is 5.10 Å². The van der Waals surface area contributed by atoms with Crippen molar-refractivity contribution < 1.29 is 9.53 Å². The van der Waals surface area contributed by atoms with Gasteiger partial charge in [0, 0.05) is 10.9 Å². The van der Waals surface area contributed by atoms with E-state index in [0.717, 1.165) is 27.7 Å². The Labute approximate surface area is 149 Å². The van der Waals surface area contributed by atoms with Gasteiger partial charge in [0.05, 0.1) is 24.5 Å². The van der Waals surface area contributed by atoms with Gasteiger partial charge in [-0.25, -0.2) is 9.78 Å². The Bertz CT molecular complexity index is 1110. The SMILES string of the molecule is COC(=O)c1cnc(-c2ccccc2C=Cc2n[nH]c3ccccc23)[nH]1. The Morgan fingerprint density at radius 2 is 1.88 bits per heavy atom. The first kappa shape index (κ1) is 15.8. The third kappa shape index (κ3) is 2.88. The van der Waals surface area contributed by atoms with Gasteiger partial charge in [-0.05, 0) is 17.7 Å². The van der Waals surface area contributed by atoms with Crippen molar-refractivity contribution in [3.8, 4) is 11.4 Å². The van der Waals surface area contributed by atoms with Crippen LogP contribution in [0.1, 0.15) is 21.7 Å².